The lowest BCUT2D eigenvalue weighted by Crippen LogP contribution is -2.31. The highest BCUT2D eigenvalue weighted by molar-refractivity contribution is 5.94. The topological polar surface area (TPSA) is 93.1 Å². The Balaban J connectivity index is 1.87. The van der Waals surface area contributed by atoms with Crippen LogP contribution >= 0.6 is 0 Å². The average molecular weight is 444 g/mol. The molecule has 0 spiro atoms. The van der Waals surface area contributed by atoms with E-state index in [2.05, 4.69) is 15.7 Å². The van der Waals surface area contributed by atoms with Gasteiger partial charge in [0, 0.05) is 30.9 Å². The molecule has 2 aromatic carbocycles. The monoisotopic (exact) mass is 444 g/mol. The zero-order chi connectivity index (χ0) is 23.5. The van der Waals surface area contributed by atoms with Gasteiger partial charge in [0.2, 0.25) is 5.43 Å². The van der Waals surface area contributed by atoms with Crippen molar-refractivity contribution in [1.29, 1.82) is 0 Å². The lowest BCUT2D eigenvalue weighted by Gasteiger charge is -2.13. The minimum Gasteiger partial charge on any atom is -0.355 e. The van der Waals surface area contributed by atoms with Crippen LogP contribution in [-0.4, -0.2) is 28.6 Å². The first-order valence-electron chi connectivity index (χ1n) is 9.48. The molecule has 0 saturated carbocycles. The summed E-state index contributed by atoms with van der Waals surface area (Å²) in [6, 6.07) is 12.1. The second-order valence-electron chi connectivity index (χ2n) is 6.92. The quantitative estimate of drug-likeness (QED) is 0.633. The number of hydrogen-bond acceptors (Lipinski definition) is 4. The van der Waals surface area contributed by atoms with Gasteiger partial charge in [0.15, 0.2) is 5.69 Å². The Morgan fingerprint density at radius 3 is 2.44 bits per heavy atom. The molecule has 166 valence electrons. The molecule has 0 aliphatic carbocycles. The second-order valence-corrected chi connectivity index (χ2v) is 6.92. The molecular formula is C22H19F3N4O3. The Morgan fingerprint density at radius 2 is 1.75 bits per heavy atom. The summed E-state index contributed by atoms with van der Waals surface area (Å²) in [5.41, 5.74) is -0.659. The molecule has 0 aliphatic heterocycles. The van der Waals surface area contributed by atoms with Crippen molar-refractivity contribution in [2.75, 3.05) is 7.05 Å². The summed E-state index contributed by atoms with van der Waals surface area (Å²) in [5, 5.41) is 9.04. The predicted octanol–water partition coefficient (Wildman–Crippen LogP) is 2.85. The Morgan fingerprint density at radius 1 is 1.03 bits per heavy atom. The van der Waals surface area contributed by atoms with Gasteiger partial charge in [-0.3, -0.25) is 14.4 Å². The van der Waals surface area contributed by atoms with Gasteiger partial charge in [-0.25, -0.2) is 4.68 Å². The standard InChI is InChI=1S/C22H19F3N4O3/c1-13-9-18(30)19(28-29(13)17-8-4-7-16(11-17)22(23,24)25)21(32)27-12-14-5-3-6-15(10-14)20(31)26-2/h3-11H,12H2,1-2H3,(H,26,31)(H,27,32). The van der Waals surface area contributed by atoms with Crippen molar-refractivity contribution in [1.82, 2.24) is 20.4 Å². The molecule has 2 amide bonds. The minimum absolute atomic E-state index is 0.0161. The molecule has 32 heavy (non-hydrogen) atoms. The van der Waals surface area contributed by atoms with Crippen molar-refractivity contribution in [2.24, 2.45) is 0 Å². The largest absolute Gasteiger partial charge is 0.416 e. The fourth-order valence-electron chi connectivity index (χ4n) is 3.01. The van der Waals surface area contributed by atoms with Gasteiger partial charge in [0.05, 0.1) is 11.3 Å². The second kappa shape index (κ2) is 9.04. The van der Waals surface area contributed by atoms with Crippen LogP contribution in [0, 0.1) is 6.92 Å². The van der Waals surface area contributed by atoms with Crippen LogP contribution < -0.4 is 16.1 Å². The number of aromatic nitrogens is 2. The number of hydrogen-bond donors (Lipinski definition) is 2. The maximum absolute atomic E-state index is 13.0. The van der Waals surface area contributed by atoms with Crippen LogP contribution in [0.5, 0.6) is 0 Å². The first kappa shape index (κ1) is 22.7. The number of benzene rings is 2. The number of nitrogens with one attached hydrogen (secondary N) is 2. The molecule has 0 saturated heterocycles. The van der Waals surface area contributed by atoms with Crippen molar-refractivity contribution in [2.45, 2.75) is 19.6 Å². The molecule has 1 heterocycles. The molecule has 0 atom stereocenters. The molecule has 7 nitrogen and oxygen atoms in total. The van der Waals surface area contributed by atoms with Crippen molar-refractivity contribution in [3.63, 3.8) is 0 Å². The smallest absolute Gasteiger partial charge is 0.355 e. The van der Waals surface area contributed by atoms with Crippen LogP contribution in [0.15, 0.2) is 59.4 Å². The highest BCUT2D eigenvalue weighted by Crippen LogP contribution is 2.30. The molecule has 0 fully saturated rings. The van der Waals surface area contributed by atoms with E-state index in [0.29, 0.717) is 11.1 Å². The number of carbonyl (C=O) groups excluding carboxylic acids is 2. The van der Waals surface area contributed by atoms with E-state index in [1.165, 1.54) is 26.1 Å². The summed E-state index contributed by atoms with van der Waals surface area (Å²) < 4.78 is 40.3. The third-order valence-corrected chi connectivity index (χ3v) is 4.61. The lowest BCUT2D eigenvalue weighted by atomic mass is 10.1. The number of rotatable bonds is 5. The predicted molar refractivity (Wildman–Crippen MR) is 111 cm³/mol. The number of aryl methyl sites for hydroxylation is 1. The first-order chi connectivity index (χ1) is 15.1. The molecular weight excluding hydrogens is 425 g/mol. The van der Waals surface area contributed by atoms with E-state index >= 15 is 0 Å². The zero-order valence-electron chi connectivity index (χ0n) is 17.2. The maximum atomic E-state index is 13.0. The average Bonchev–Trinajstić information content (AvgIpc) is 2.76. The Hall–Kier alpha value is -3.95. The van der Waals surface area contributed by atoms with E-state index in [4.69, 9.17) is 0 Å². The van der Waals surface area contributed by atoms with E-state index in [1.807, 2.05) is 0 Å². The molecule has 3 rings (SSSR count). The summed E-state index contributed by atoms with van der Waals surface area (Å²) in [6.07, 6.45) is -4.55. The number of amides is 2. The highest BCUT2D eigenvalue weighted by Gasteiger charge is 2.30. The van der Waals surface area contributed by atoms with Crippen LogP contribution in [0.2, 0.25) is 0 Å². The summed E-state index contributed by atoms with van der Waals surface area (Å²) in [5.74, 6) is -1.08. The summed E-state index contributed by atoms with van der Waals surface area (Å²) in [4.78, 5) is 36.6. The number of carbonyl (C=O) groups is 2. The highest BCUT2D eigenvalue weighted by atomic mass is 19.4. The van der Waals surface area contributed by atoms with E-state index in [9.17, 15) is 27.6 Å². The fraction of sp³-hybridized carbons (Fsp3) is 0.182. The van der Waals surface area contributed by atoms with Gasteiger partial charge in [-0.15, -0.1) is 0 Å². The molecule has 3 aromatic rings. The normalized spacial score (nSPS) is 11.2. The van der Waals surface area contributed by atoms with Crippen molar-refractivity contribution >= 4 is 11.8 Å². The Kier molecular flexibility index (Phi) is 6.42. The van der Waals surface area contributed by atoms with Crippen LogP contribution in [0.1, 0.15) is 37.7 Å². The summed E-state index contributed by atoms with van der Waals surface area (Å²) in [7, 11) is 1.50. The van der Waals surface area contributed by atoms with Crippen molar-refractivity contribution < 1.29 is 22.8 Å². The van der Waals surface area contributed by atoms with Crippen molar-refractivity contribution in [3.8, 4) is 5.69 Å². The first-order valence-corrected chi connectivity index (χ1v) is 9.48. The molecule has 0 aliphatic rings. The van der Waals surface area contributed by atoms with Gasteiger partial charge in [-0.1, -0.05) is 18.2 Å². The minimum atomic E-state index is -4.55. The van der Waals surface area contributed by atoms with Crippen LogP contribution in [-0.2, 0) is 12.7 Å². The third-order valence-electron chi connectivity index (χ3n) is 4.61. The van der Waals surface area contributed by atoms with Gasteiger partial charge >= 0.3 is 6.18 Å². The summed E-state index contributed by atoms with van der Waals surface area (Å²) in [6.45, 7) is 1.52. The van der Waals surface area contributed by atoms with Gasteiger partial charge in [0.1, 0.15) is 0 Å². The number of nitrogens with zero attached hydrogens (tertiary/aromatic N) is 2. The SMILES string of the molecule is CNC(=O)c1cccc(CNC(=O)c2nn(-c3cccc(C(F)(F)F)c3)c(C)cc2=O)c1. The molecule has 0 bridgehead atoms. The zero-order valence-corrected chi connectivity index (χ0v) is 17.2. The lowest BCUT2D eigenvalue weighted by molar-refractivity contribution is -0.137. The number of halogens is 3. The van der Waals surface area contributed by atoms with E-state index in [1.54, 1.807) is 24.3 Å². The number of alkyl halides is 3. The van der Waals surface area contributed by atoms with Gasteiger partial charge in [-0.2, -0.15) is 18.3 Å². The van der Waals surface area contributed by atoms with E-state index < -0.39 is 28.8 Å². The molecule has 10 heteroatoms. The van der Waals surface area contributed by atoms with Gasteiger partial charge < -0.3 is 10.6 Å². The molecule has 0 radical (unpaired) electrons. The van der Waals surface area contributed by atoms with Gasteiger partial charge in [-0.05, 0) is 42.8 Å². The van der Waals surface area contributed by atoms with E-state index in [0.717, 1.165) is 22.9 Å². The van der Waals surface area contributed by atoms with Crippen LogP contribution in [0.25, 0.3) is 5.69 Å². The third kappa shape index (κ3) is 5.02. The Labute approximate surface area is 180 Å². The van der Waals surface area contributed by atoms with Crippen LogP contribution in [0.3, 0.4) is 0 Å². The van der Waals surface area contributed by atoms with Crippen molar-refractivity contribution in [3.05, 3.63) is 92.9 Å². The van der Waals surface area contributed by atoms with E-state index in [-0.39, 0.29) is 23.8 Å². The maximum Gasteiger partial charge on any atom is 0.416 e. The molecule has 1 aromatic heterocycles. The molecule has 0 unspecified atom stereocenters. The van der Waals surface area contributed by atoms with Crippen LogP contribution in [0.4, 0.5) is 13.2 Å². The van der Waals surface area contributed by atoms with Gasteiger partial charge in [0.25, 0.3) is 11.8 Å². The summed E-state index contributed by atoms with van der Waals surface area (Å²) >= 11 is 0. The Bertz CT molecular complexity index is 1240. The fourth-order valence-corrected chi connectivity index (χ4v) is 3.01. The molecule has 2 N–H and O–H groups in total.